The van der Waals surface area contributed by atoms with E-state index in [-0.39, 0.29) is 5.91 Å². The molecule has 2 aromatic carbocycles. The predicted molar refractivity (Wildman–Crippen MR) is 99.1 cm³/mol. The Hall–Kier alpha value is -2.27. The van der Waals surface area contributed by atoms with E-state index in [1.807, 2.05) is 36.4 Å². The normalized spacial score (nSPS) is 15.1. The van der Waals surface area contributed by atoms with Gasteiger partial charge in [0.1, 0.15) is 0 Å². The summed E-state index contributed by atoms with van der Waals surface area (Å²) in [4.78, 5) is 12.4. The van der Waals surface area contributed by atoms with Gasteiger partial charge in [-0.25, -0.2) is 0 Å². The van der Waals surface area contributed by atoms with Gasteiger partial charge in [-0.05, 0) is 48.9 Å². The third-order valence-corrected chi connectivity index (χ3v) is 4.26. The van der Waals surface area contributed by atoms with Crippen molar-refractivity contribution < 1.29 is 4.79 Å². The van der Waals surface area contributed by atoms with E-state index in [4.69, 9.17) is 5.73 Å². The molecular formula is C18H18BrN3O. The molecule has 0 fully saturated rings. The highest BCUT2D eigenvalue weighted by Crippen LogP contribution is 2.36. The lowest BCUT2D eigenvalue weighted by Crippen LogP contribution is -2.10. The van der Waals surface area contributed by atoms with Crippen molar-refractivity contribution in [3.8, 4) is 0 Å². The van der Waals surface area contributed by atoms with Crippen LogP contribution in [0.1, 0.15) is 25.3 Å². The number of amides is 1. The van der Waals surface area contributed by atoms with Gasteiger partial charge in [-0.2, -0.15) is 0 Å². The first-order valence-electron chi connectivity index (χ1n) is 7.55. The second kappa shape index (κ2) is 6.46. The highest BCUT2D eigenvalue weighted by atomic mass is 79.9. The minimum absolute atomic E-state index is 0.0846. The third kappa shape index (κ3) is 3.24. The van der Waals surface area contributed by atoms with Gasteiger partial charge in [-0.15, -0.1) is 0 Å². The van der Waals surface area contributed by atoms with Gasteiger partial charge in [0, 0.05) is 32.8 Å². The number of carbonyl (C=O) groups excluding carboxylic acids is 1. The highest BCUT2D eigenvalue weighted by Gasteiger charge is 2.27. The Balaban J connectivity index is 2.05. The standard InChI is InChI=1S/C18H18BrN3O/c1-2-3-16(21-13-7-4-11(19)5-8-13)17-14-10-12(20)6-9-15(14)22-18(17)23/h4-10,21H,2-3,20H2,1H3,(H,22,23). The molecule has 0 saturated heterocycles. The van der Waals surface area contributed by atoms with E-state index in [0.29, 0.717) is 11.3 Å². The number of hydrogen-bond acceptors (Lipinski definition) is 3. The summed E-state index contributed by atoms with van der Waals surface area (Å²) in [5, 5.41) is 6.31. The molecule has 4 nitrogen and oxygen atoms in total. The van der Waals surface area contributed by atoms with Gasteiger partial charge < -0.3 is 16.4 Å². The second-order valence-electron chi connectivity index (χ2n) is 5.49. The molecule has 1 heterocycles. The van der Waals surface area contributed by atoms with Crippen LogP contribution < -0.4 is 16.4 Å². The van der Waals surface area contributed by atoms with Gasteiger partial charge in [0.05, 0.1) is 5.57 Å². The van der Waals surface area contributed by atoms with Crippen molar-refractivity contribution in [2.45, 2.75) is 19.8 Å². The number of carbonyl (C=O) groups is 1. The quantitative estimate of drug-likeness (QED) is 0.543. The molecular weight excluding hydrogens is 354 g/mol. The molecule has 2 aromatic rings. The van der Waals surface area contributed by atoms with E-state index in [0.717, 1.165) is 39.9 Å². The zero-order valence-corrected chi connectivity index (χ0v) is 14.4. The number of nitrogens with one attached hydrogen (secondary N) is 2. The van der Waals surface area contributed by atoms with Gasteiger partial charge in [-0.3, -0.25) is 4.79 Å². The van der Waals surface area contributed by atoms with Crippen molar-refractivity contribution in [3.63, 3.8) is 0 Å². The molecule has 3 rings (SSSR count). The molecule has 0 bridgehead atoms. The molecule has 0 radical (unpaired) electrons. The van der Waals surface area contributed by atoms with Crippen molar-refractivity contribution in [1.82, 2.24) is 0 Å². The first-order valence-corrected chi connectivity index (χ1v) is 8.34. The molecule has 5 heteroatoms. The third-order valence-electron chi connectivity index (χ3n) is 3.73. The minimum atomic E-state index is -0.0846. The maximum absolute atomic E-state index is 12.4. The molecule has 4 N–H and O–H groups in total. The SMILES string of the molecule is CCCC(Nc1ccc(Br)cc1)=C1C(=O)Nc2ccc(N)cc21. The van der Waals surface area contributed by atoms with Crippen LogP contribution in [0.4, 0.5) is 17.1 Å². The van der Waals surface area contributed by atoms with E-state index in [1.165, 1.54) is 0 Å². The Bertz CT molecular complexity index is 781. The zero-order valence-electron chi connectivity index (χ0n) is 12.8. The minimum Gasteiger partial charge on any atom is -0.399 e. The van der Waals surface area contributed by atoms with Crippen LogP contribution in [0.5, 0.6) is 0 Å². The lowest BCUT2D eigenvalue weighted by atomic mass is 10.0. The Kier molecular flexibility index (Phi) is 4.39. The Morgan fingerprint density at radius 2 is 1.96 bits per heavy atom. The summed E-state index contributed by atoms with van der Waals surface area (Å²) in [6.07, 6.45) is 1.72. The lowest BCUT2D eigenvalue weighted by molar-refractivity contribution is -0.110. The number of rotatable bonds is 4. The molecule has 1 aliphatic heterocycles. The fraction of sp³-hybridized carbons (Fsp3) is 0.167. The van der Waals surface area contributed by atoms with E-state index in [1.54, 1.807) is 6.07 Å². The molecule has 23 heavy (non-hydrogen) atoms. The fourth-order valence-electron chi connectivity index (χ4n) is 2.69. The average molecular weight is 372 g/mol. The molecule has 1 aliphatic rings. The molecule has 118 valence electrons. The van der Waals surface area contributed by atoms with Crippen LogP contribution in [0.2, 0.25) is 0 Å². The summed E-state index contributed by atoms with van der Waals surface area (Å²) < 4.78 is 1.02. The Morgan fingerprint density at radius 1 is 1.22 bits per heavy atom. The van der Waals surface area contributed by atoms with Crippen LogP contribution in [-0.2, 0) is 4.79 Å². The maximum Gasteiger partial charge on any atom is 0.258 e. The van der Waals surface area contributed by atoms with Gasteiger partial charge in [0.25, 0.3) is 5.91 Å². The summed E-state index contributed by atoms with van der Waals surface area (Å²) in [5.74, 6) is -0.0846. The number of nitrogens with two attached hydrogens (primary N) is 1. The molecule has 0 saturated carbocycles. The summed E-state index contributed by atoms with van der Waals surface area (Å²) in [6, 6.07) is 13.4. The van der Waals surface area contributed by atoms with Gasteiger partial charge >= 0.3 is 0 Å². The largest absolute Gasteiger partial charge is 0.399 e. The number of benzene rings is 2. The van der Waals surface area contributed by atoms with Crippen LogP contribution >= 0.6 is 15.9 Å². The van der Waals surface area contributed by atoms with Crippen molar-refractivity contribution in [1.29, 1.82) is 0 Å². The summed E-state index contributed by atoms with van der Waals surface area (Å²) in [7, 11) is 0. The Labute approximate surface area is 143 Å². The van der Waals surface area contributed by atoms with E-state index in [9.17, 15) is 4.79 Å². The maximum atomic E-state index is 12.4. The van der Waals surface area contributed by atoms with Crippen LogP contribution in [0.15, 0.2) is 52.6 Å². The molecule has 0 unspecified atom stereocenters. The predicted octanol–water partition coefficient (Wildman–Crippen LogP) is 4.61. The molecule has 0 atom stereocenters. The second-order valence-corrected chi connectivity index (χ2v) is 6.41. The topological polar surface area (TPSA) is 67.2 Å². The number of anilines is 3. The first kappa shape index (κ1) is 15.6. The van der Waals surface area contributed by atoms with Crippen molar-refractivity contribution in [3.05, 3.63) is 58.2 Å². The van der Waals surface area contributed by atoms with Crippen molar-refractivity contribution in [2.75, 3.05) is 16.4 Å². The lowest BCUT2D eigenvalue weighted by Gasteiger charge is -2.14. The van der Waals surface area contributed by atoms with Gasteiger partial charge in [0.2, 0.25) is 0 Å². The zero-order chi connectivity index (χ0) is 16.4. The molecule has 0 spiro atoms. The number of fused-ring (bicyclic) bond motifs is 1. The van der Waals surface area contributed by atoms with Crippen LogP contribution in [0.25, 0.3) is 5.57 Å². The highest BCUT2D eigenvalue weighted by molar-refractivity contribution is 9.10. The summed E-state index contributed by atoms with van der Waals surface area (Å²) in [6.45, 7) is 2.09. The van der Waals surface area contributed by atoms with E-state index in [2.05, 4.69) is 33.5 Å². The smallest absolute Gasteiger partial charge is 0.258 e. The number of allylic oxidation sites excluding steroid dienone is 1. The van der Waals surface area contributed by atoms with Gasteiger partial charge in [-0.1, -0.05) is 29.3 Å². The molecule has 0 aromatic heterocycles. The Morgan fingerprint density at radius 3 is 2.65 bits per heavy atom. The molecule has 1 amide bonds. The number of hydrogen-bond donors (Lipinski definition) is 3. The van der Waals surface area contributed by atoms with Gasteiger partial charge in [0.15, 0.2) is 0 Å². The first-order chi connectivity index (χ1) is 11.1. The fourth-order valence-corrected chi connectivity index (χ4v) is 2.96. The monoisotopic (exact) mass is 371 g/mol. The molecule has 0 aliphatic carbocycles. The number of halogens is 1. The van der Waals surface area contributed by atoms with Crippen LogP contribution in [0.3, 0.4) is 0 Å². The summed E-state index contributed by atoms with van der Waals surface area (Å²) in [5.41, 5.74) is 10.8. The van der Waals surface area contributed by atoms with E-state index >= 15 is 0 Å². The van der Waals surface area contributed by atoms with E-state index < -0.39 is 0 Å². The van der Waals surface area contributed by atoms with Crippen LogP contribution in [-0.4, -0.2) is 5.91 Å². The average Bonchev–Trinajstić information content (AvgIpc) is 2.84. The summed E-state index contributed by atoms with van der Waals surface area (Å²) >= 11 is 3.43. The number of nitrogen functional groups attached to an aromatic ring is 1. The van der Waals surface area contributed by atoms with Crippen LogP contribution in [0, 0.1) is 0 Å². The van der Waals surface area contributed by atoms with Crippen molar-refractivity contribution in [2.24, 2.45) is 0 Å². The van der Waals surface area contributed by atoms with Crippen molar-refractivity contribution >= 4 is 44.5 Å².